The minimum Gasteiger partial charge on any atom is -0.206 e. The number of rotatable bonds is 7. The molecule has 1 aromatic rings. The van der Waals surface area contributed by atoms with Crippen molar-refractivity contribution in [2.75, 3.05) is 0 Å². The molecule has 5 saturated carbocycles. The Morgan fingerprint density at radius 3 is 0.763 bits per heavy atom. The second-order valence-corrected chi connectivity index (χ2v) is 32.9. The summed E-state index contributed by atoms with van der Waals surface area (Å²) in [5.74, 6) is -23.8. The molecule has 5 aliphatic rings. The van der Waals surface area contributed by atoms with Gasteiger partial charge in [-0.2, -0.15) is 52.7 Å². The second kappa shape index (κ2) is 46.5. The van der Waals surface area contributed by atoms with Gasteiger partial charge < -0.3 is 0 Å². The van der Waals surface area contributed by atoms with Crippen LogP contribution in [0.2, 0.25) is 0 Å². The van der Waals surface area contributed by atoms with E-state index in [1.165, 1.54) is 167 Å². The molecule has 588 valence electrons. The first-order valence-corrected chi connectivity index (χ1v) is 36.0. The molecule has 97 heavy (non-hydrogen) atoms. The SMILES string of the molecule is CC.CC(C)(C(F)(F)F)C(F)(F)F.CC(C)(C)C.CC(F)(F)C(C)(F)F.CC(F)(F)C(F)(F)C(C)(F)F.CC1CCC(C)(C)CC1.CCC(C)(C)C.CCC1(C)CCCC1.CCC1CCC(C)(C)CC1.CCC1CCCC1.CCC1CCCCC1.Cc1c(F)c(C)c(F)c(F)c1F. The topological polar surface area (TPSA) is 0 Å². The van der Waals surface area contributed by atoms with Gasteiger partial charge in [0.05, 0.1) is 0 Å². The summed E-state index contributed by atoms with van der Waals surface area (Å²) < 4.78 is 237. The predicted molar refractivity (Wildman–Crippen MR) is 369 cm³/mol. The van der Waals surface area contributed by atoms with Gasteiger partial charge in [-0.15, -0.1) is 0 Å². The van der Waals surface area contributed by atoms with Gasteiger partial charge in [0.2, 0.25) is 0 Å². The first-order valence-electron chi connectivity index (χ1n) is 36.0. The van der Waals surface area contributed by atoms with E-state index < -0.39 is 81.8 Å². The summed E-state index contributed by atoms with van der Waals surface area (Å²) in [7, 11) is 0. The molecule has 0 unspecified atom stereocenters. The van der Waals surface area contributed by atoms with Gasteiger partial charge in [-0.05, 0) is 130 Å². The van der Waals surface area contributed by atoms with Crippen LogP contribution in [-0.2, 0) is 0 Å². The van der Waals surface area contributed by atoms with Crippen molar-refractivity contribution in [2.24, 2.45) is 56.2 Å². The van der Waals surface area contributed by atoms with E-state index in [0.29, 0.717) is 21.7 Å². The van der Waals surface area contributed by atoms with Gasteiger partial charge in [-0.3, -0.25) is 0 Å². The number of hydrogen-bond donors (Lipinski definition) is 0. The van der Waals surface area contributed by atoms with E-state index in [9.17, 15) is 87.8 Å². The molecule has 6 rings (SSSR count). The average molecular weight is 1450 g/mol. The fraction of sp³-hybridized carbons (Fsp3) is 0.922. The van der Waals surface area contributed by atoms with Gasteiger partial charge in [0.1, 0.15) is 5.82 Å². The maximum Gasteiger partial charge on any atom is 0.402 e. The van der Waals surface area contributed by atoms with Gasteiger partial charge >= 0.3 is 42.0 Å². The van der Waals surface area contributed by atoms with E-state index in [1.807, 2.05) is 13.8 Å². The van der Waals surface area contributed by atoms with Gasteiger partial charge in [-0.1, -0.05) is 254 Å². The van der Waals surface area contributed by atoms with Crippen molar-refractivity contribution in [1.29, 1.82) is 0 Å². The van der Waals surface area contributed by atoms with Gasteiger partial charge in [0.25, 0.3) is 0 Å². The second-order valence-electron chi connectivity index (χ2n) is 32.9. The first-order chi connectivity index (χ1) is 43.1. The molecule has 5 aliphatic carbocycles. The Hall–Kier alpha value is -2.18. The van der Waals surface area contributed by atoms with Crippen molar-refractivity contribution in [3.63, 3.8) is 0 Å². The summed E-state index contributed by atoms with van der Waals surface area (Å²) >= 11 is 0. The molecule has 0 bridgehead atoms. The van der Waals surface area contributed by atoms with Crippen LogP contribution in [0.25, 0.3) is 0 Å². The van der Waals surface area contributed by atoms with Crippen molar-refractivity contribution in [2.45, 2.75) is 403 Å². The minimum absolute atomic E-state index is 0.104. The Morgan fingerprint density at radius 2 is 0.598 bits per heavy atom. The standard InChI is InChI=1S/C10H20.C9H18.C8H6F4.2C8H16.C7H14.C6H14.2C5H6F6.C5H12.C4H6F4.C2H6/c1-4-9-5-7-10(2,3)8-6-9;1-8-4-6-9(2,3)7-5-8;1-3-5(9)4(2)7(11)8(12)6(3)10;1-3-8(2)6-4-5-7-8;1-2-8-6-4-3-5-7-8;1-2-7-5-3-4-6-7;1-5-6(2,3)4;1-3(6,7)5(10,11)4(2,8)9;1-3(2,4(6,7)8)5(9,10)11;1-5(2,3)4;1-3(5,6)4(2,7)8;1-2/h9H,4-8H2,1-3H3;8H,4-7H2,1-3H3;1-2H3;3-7H2,1-2H3;8H,2-7H2,1H3;7H,2-6H2,1H3;5H2,1-4H3;2*1-2H3;1-4H3;1-2H3;1-2H3. The van der Waals surface area contributed by atoms with Crippen molar-refractivity contribution < 1.29 is 87.8 Å². The highest BCUT2D eigenvalue weighted by Crippen LogP contribution is 2.50. The van der Waals surface area contributed by atoms with E-state index in [2.05, 4.69) is 125 Å². The highest BCUT2D eigenvalue weighted by Gasteiger charge is 2.67. The quantitative estimate of drug-likeness (QED) is 0.145. The third-order valence-corrected chi connectivity index (χ3v) is 18.7. The Labute approximate surface area is 579 Å². The van der Waals surface area contributed by atoms with E-state index in [4.69, 9.17) is 0 Å². The van der Waals surface area contributed by atoms with E-state index >= 15 is 0 Å². The van der Waals surface area contributed by atoms with E-state index in [1.54, 1.807) is 0 Å². The molecule has 0 nitrogen and oxygen atoms in total. The molecule has 0 N–H and O–H groups in total. The third kappa shape index (κ3) is 49.2. The lowest BCUT2D eigenvalue weighted by atomic mass is 9.72. The number of alkyl halides is 16. The monoisotopic (exact) mass is 1450 g/mol. The summed E-state index contributed by atoms with van der Waals surface area (Å²) in [5.41, 5.74) is -1.52. The molecule has 1 aromatic carbocycles. The van der Waals surface area contributed by atoms with Crippen LogP contribution in [0.15, 0.2) is 0 Å². The number of benzene rings is 1. The molecular formula is C77H140F20. The molecular weight excluding hydrogens is 1300 g/mol. The number of hydrogen-bond acceptors (Lipinski definition) is 0. The van der Waals surface area contributed by atoms with Crippen LogP contribution in [0.1, 0.15) is 358 Å². The summed E-state index contributed by atoms with van der Waals surface area (Å²) in [6, 6.07) is 0. The van der Waals surface area contributed by atoms with Crippen LogP contribution >= 0.6 is 0 Å². The summed E-state index contributed by atoms with van der Waals surface area (Å²) in [5, 5.41) is 0. The first kappa shape index (κ1) is 106. The summed E-state index contributed by atoms with van der Waals surface area (Å²) in [6.45, 7) is 47.5. The van der Waals surface area contributed by atoms with Crippen LogP contribution < -0.4 is 0 Å². The largest absolute Gasteiger partial charge is 0.402 e. The van der Waals surface area contributed by atoms with Crippen molar-refractivity contribution in [1.82, 2.24) is 0 Å². The number of halogens is 20. The molecule has 0 heterocycles. The normalized spacial score (nSPS) is 18.6. The molecule has 0 atom stereocenters. The van der Waals surface area contributed by atoms with Crippen LogP contribution in [0, 0.1) is 93.3 Å². The van der Waals surface area contributed by atoms with Crippen molar-refractivity contribution in [3.8, 4) is 0 Å². The maximum atomic E-state index is 12.8. The Balaban J connectivity index is -0.000000236. The Bertz CT molecular complexity index is 1890. The highest BCUT2D eigenvalue weighted by atomic mass is 19.4. The van der Waals surface area contributed by atoms with Gasteiger partial charge in [0.15, 0.2) is 22.9 Å². The molecule has 0 amide bonds. The molecule has 0 spiro atoms. The lowest BCUT2D eigenvalue weighted by Gasteiger charge is -2.33. The van der Waals surface area contributed by atoms with Crippen LogP contribution in [0.5, 0.6) is 0 Å². The molecule has 20 heteroatoms. The zero-order valence-corrected chi connectivity index (χ0v) is 65.8. The Kier molecular flexibility index (Phi) is 50.7. The minimum atomic E-state index is -5.29. The van der Waals surface area contributed by atoms with Crippen molar-refractivity contribution >= 4 is 0 Å². The molecule has 0 saturated heterocycles. The van der Waals surface area contributed by atoms with Gasteiger partial charge in [-0.25, -0.2) is 35.1 Å². The average Bonchev–Trinajstić information content (AvgIpc) is 1.22. The zero-order valence-electron chi connectivity index (χ0n) is 65.8. The lowest BCUT2D eigenvalue weighted by Crippen LogP contribution is -2.50. The third-order valence-electron chi connectivity index (χ3n) is 18.7. The highest BCUT2D eigenvalue weighted by molar-refractivity contribution is 5.28. The van der Waals surface area contributed by atoms with Crippen LogP contribution in [-0.4, -0.2) is 42.0 Å². The van der Waals surface area contributed by atoms with Crippen LogP contribution in [0.4, 0.5) is 87.8 Å². The summed E-state index contributed by atoms with van der Waals surface area (Å²) in [4.78, 5) is 0. The van der Waals surface area contributed by atoms with E-state index in [0.717, 1.165) is 42.9 Å². The van der Waals surface area contributed by atoms with Gasteiger partial charge in [0, 0.05) is 38.8 Å². The predicted octanol–water partition coefficient (Wildman–Crippen LogP) is 32.1. The maximum absolute atomic E-state index is 12.8. The lowest BCUT2D eigenvalue weighted by molar-refractivity contribution is -0.327. The summed E-state index contributed by atoms with van der Waals surface area (Å²) in [6.07, 6.45) is 27.5. The molecule has 0 radical (unpaired) electrons. The molecule has 0 aliphatic heterocycles. The smallest absolute Gasteiger partial charge is 0.206 e. The van der Waals surface area contributed by atoms with E-state index in [-0.39, 0.29) is 41.5 Å². The zero-order chi connectivity index (χ0) is 78.7. The molecule has 0 aromatic heterocycles. The Morgan fingerprint density at radius 1 is 0.351 bits per heavy atom. The van der Waals surface area contributed by atoms with Crippen LogP contribution in [0.3, 0.4) is 0 Å². The fourth-order valence-corrected chi connectivity index (χ4v) is 9.45. The molecule has 5 fully saturated rings. The fourth-order valence-electron chi connectivity index (χ4n) is 9.45. The van der Waals surface area contributed by atoms with Crippen molar-refractivity contribution in [3.05, 3.63) is 34.4 Å².